The lowest BCUT2D eigenvalue weighted by Crippen LogP contribution is -2.27. The molecule has 9 nitrogen and oxygen atoms in total. The summed E-state index contributed by atoms with van der Waals surface area (Å²) < 4.78 is 6.49. The maximum Gasteiger partial charge on any atom is 0.413 e. The number of ether oxygens (including phenoxy) is 1. The third kappa shape index (κ3) is 5.05. The first-order chi connectivity index (χ1) is 11.5. The van der Waals surface area contributed by atoms with E-state index < -0.39 is 23.6 Å². The number of carbonyl (C=O) groups excluding carboxylic acids is 2. The zero-order valence-electron chi connectivity index (χ0n) is 14.1. The number of aromatic carboxylic acids is 1. The molecule has 3 N–H and O–H groups in total. The highest BCUT2D eigenvalue weighted by Gasteiger charge is 2.19. The molecule has 2 rings (SSSR count). The number of thiazole rings is 1. The molecule has 0 aromatic carbocycles. The summed E-state index contributed by atoms with van der Waals surface area (Å²) in [4.78, 5) is 38.9. The lowest BCUT2D eigenvalue weighted by Gasteiger charge is -2.18. The van der Waals surface area contributed by atoms with Crippen molar-refractivity contribution in [3.8, 4) is 0 Å². The number of nitrogens with zero attached hydrogens (tertiary/aromatic N) is 2. The second-order valence-electron chi connectivity index (χ2n) is 6.15. The van der Waals surface area contributed by atoms with E-state index >= 15 is 0 Å². The molecule has 2 aromatic heterocycles. The van der Waals surface area contributed by atoms with Gasteiger partial charge in [-0.25, -0.2) is 14.6 Å². The molecule has 0 fully saturated rings. The first-order valence-corrected chi connectivity index (χ1v) is 8.09. The van der Waals surface area contributed by atoms with Gasteiger partial charge in [0.05, 0.1) is 5.69 Å². The fourth-order valence-corrected chi connectivity index (χ4v) is 2.54. The number of rotatable bonds is 4. The highest BCUT2D eigenvalue weighted by Crippen LogP contribution is 2.19. The molecule has 0 radical (unpaired) electrons. The number of aryl methyl sites for hydroxylation is 1. The van der Waals surface area contributed by atoms with Crippen LogP contribution in [0.25, 0.3) is 0 Å². The predicted octanol–water partition coefficient (Wildman–Crippen LogP) is 2.78. The second kappa shape index (κ2) is 6.93. The Hall–Kier alpha value is -2.88. The molecule has 0 spiro atoms. The summed E-state index contributed by atoms with van der Waals surface area (Å²) in [7, 11) is 1.56. The van der Waals surface area contributed by atoms with E-state index in [0.29, 0.717) is 5.69 Å². The third-order valence-corrected chi connectivity index (χ3v) is 3.58. The molecule has 0 aliphatic carbocycles. The fraction of sp³-hybridized carbons (Fsp3) is 0.333. The number of nitrogens with one attached hydrogen (secondary N) is 2. The van der Waals surface area contributed by atoms with Crippen LogP contribution in [0.3, 0.4) is 0 Å². The van der Waals surface area contributed by atoms with E-state index in [0.717, 1.165) is 11.3 Å². The Morgan fingerprint density at radius 1 is 1.28 bits per heavy atom. The van der Waals surface area contributed by atoms with Gasteiger partial charge in [0.15, 0.2) is 5.13 Å². The average Bonchev–Trinajstić information content (AvgIpc) is 3.03. The van der Waals surface area contributed by atoms with Crippen LogP contribution in [0.5, 0.6) is 0 Å². The molecule has 10 heteroatoms. The smallest absolute Gasteiger partial charge is 0.413 e. The van der Waals surface area contributed by atoms with Gasteiger partial charge in [0.2, 0.25) is 0 Å². The van der Waals surface area contributed by atoms with Crippen molar-refractivity contribution in [2.24, 2.45) is 7.05 Å². The van der Waals surface area contributed by atoms with E-state index in [9.17, 15) is 14.4 Å². The van der Waals surface area contributed by atoms with Crippen LogP contribution in [0.2, 0.25) is 0 Å². The average molecular weight is 366 g/mol. The number of carboxylic acid groups (broad SMARTS) is 1. The van der Waals surface area contributed by atoms with Gasteiger partial charge in [0, 0.05) is 18.6 Å². The first kappa shape index (κ1) is 18.5. The minimum Gasteiger partial charge on any atom is -0.477 e. The van der Waals surface area contributed by atoms with Crippen molar-refractivity contribution in [1.29, 1.82) is 0 Å². The van der Waals surface area contributed by atoms with Crippen molar-refractivity contribution in [2.75, 3.05) is 10.6 Å². The second-order valence-corrected chi connectivity index (χ2v) is 7.01. The molecule has 0 atom stereocenters. The number of anilines is 2. The summed E-state index contributed by atoms with van der Waals surface area (Å²) in [5.41, 5.74) is -0.173. The lowest BCUT2D eigenvalue weighted by atomic mass is 10.2. The van der Waals surface area contributed by atoms with Crippen molar-refractivity contribution in [3.63, 3.8) is 0 Å². The molecule has 2 amide bonds. The number of hydrogen-bond acceptors (Lipinski definition) is 6. The summed E-state index contributed by atoms with van der Waals surface area (Å²) >= 11 is 1.07. The normalized spacial score (nSPS) is 11.0. The van der Waals surface area contributed by atoms with Gasteiger partial charge >= 0.3 is 12.1 Å². The molecular formula is C15H18N4O5S. The zero-order valence-corrected chi connectivity index (χ0v) is 14.9. The largest absolute Gasteiger partial charge is 0.477 e. The van der Waals surface area contributed by atoms with Gasteiger partial charge in [-0.1, -0.05) is 0 Å². The Bertz CT molecular complexity index is 818. The standard InChI is InChI=1S/C15H18N4O5S/c1-15(2,3)24-14(23)18-13-17-9(7-25-13)11(20)16-8-5-10(12(21)22)19(4)6-8/h5-7H,1-4H3,(H,16,20)(H,21,22)(H,17,18,23). The van der Waals surface area contributed by atoms with Crippen LogP contribution >= 0.6 is 11.3 Å². The first-order valence-electron chi connectivity index (χ1n) is 7.21. The molecule has 0 aliphatic rings. The Labute approximate surface area is 147 Å². The van der Waals surface area contributed by atoms with E-state index in [1.54, 1.807) is 27.8 Å². The van der Waals surface area contributed by atoms with Gasteiger partial charge in [-0.15, -0.1) is 11.3 Å². The number of aromatic nitrogens is 2. The van der Waals surface area contributed by atoms with Crippen molar-refractivity contribution in [1.82, 2.24) is 9.55 Å². The fourth-order valence-electron chi connectivity index (χ4n) is 1.87. The minimum atomic E-state index is -1.10. The van der Waals surface area contributed by atoms with E-state index in [1.165, 1.54) is 22.2 Å². The Morgan fingerprint density at radius 2 is 1.96 bits per heavy atom. The van der Waals surface area contributed by atoms with Gasteiger partial charge in [-0.2, -0.15) is 0 Å². The predicted molar refractivity (Wildman–Crippen MR) is 92.3 cm³/mol. The van der Waals surface area contributed by atoms with Crippen LogP contribution in [0.15, 0.2) is 17.6 Å². The molecule has 0 saturated carbocycles. The zero-order chi connectivity index (χ0) is 18.8. The molecule has 0 aliphatic heterocycles. The molecule has 25 heavy (non-hydrogen) atoms. The number of hydrogen-bond donors (Lipinski definition) is 3. The monoisotopic (exact) mass is 366 g/mol. The van der Waals surface area contributed by atoms with Crippen molar-refractivity contribution < 1.29 is 24.2 Å². The molecule has 0 saturated heterocycles. The molecule has 0 unspecified atom stereocenters. The molecule has 134 valence electrons. The Morgan fingerprint density at radius 3 is 2.52 bits per heavy atom. The van der Waals surface area contributed by atoms with Crippen molar-refractivity contribution in [2.45, 2.75) is 26.4 Å². The summed E-state index contributed by atoms with van der Waals surface area (Å²) in [5.74, 6) is -1.61. The van der Waals surface area contributed by atoms with Crippen molar-refractivity contribution >= 4 is 40.1 Å². The maximum atomic E-state index is 12.2. The van der Waals surface area contributed by atoms with Crippen LogP contribution < -0.4 is 10.6 Å². The Balaban J connectivity index is 2.02. The van der Waals surface area contributed by atoms with Crippen LogP contribution in [-0.4, -0.2) is 38.2 Å². The SMILES string of the molecule is Cn1cc(NC(=O)c2csc(NC(=O)OC(C)(C)C)n2)cc1C(=O)O. The minimum absolute atomic E-state index is 0.0425. The summed E-state index contributed by atoms with van der Waals surface area (Å²) in [6.45, 7) is 5.20. The highest BCUT2D eigenvalue weighted by molar-refractivity contribution is 7.14. The molecular weight excluding hydrogens is 348 g/mol. The summed E-state index contributed by atoms with van der Waals surface area (Å²) in [5, 5.41) is 15.7. The van der Waals surface area contributed by atoms with Gasteiger partial charge in [-0.3, -0.25) is 10.1 Å². The number of carboxylic acids is 1. The summed E-state index contributed by atoms with van der Waals surface area (Å²) in [6.07, 6.45) is 0.816. The van der Waals surface area contributed by atoms with Crippen molar-refractivity contribution in [3.05, 3.63) is 29.0 Å². The van der Waals surface area contributed by atoms with Gasteiger partial charge < -0.3 is 19.7 Å². The maximum absolute atomic E-state index is 12.2. The molecule has 0 bridgehead atoms. The number of amides is 2. The van der Waals surface area contributed by atoms with Gasteiger partial charge in [0.1, 0.15) is 17.0 Å². The van der Waals surface area contributed by atoms with Crippen LogP contribution in [-0.2, 0) is 11.8 Å². The van der Waals surface area contributed by atoms with E-state index in [4.69, 9.17) is 9.84 Å². The van der Waals surface area contributed by atoms with Crippen LogP contribution in [0.4, 0.5) is 15.6 Å². The van der Waals surface area contributed by atoms with Crippen LogP contribution in [0.1, 0.15) is 41.7 Å². The Kier molecular flexibility index (Phi) is 5.12. The van der Waals surface area contributed by atoms with Gasteiger partial charge in [-0.05, 0) is 26.8 Å². The third-order valence-electron chi connectivity index (χ3n) is 2.83. The molecule has 2 aromatic rings. The lowest BCUT2D eigenvalue weighted by molar-refractivity contribution is 0.0633. The molecule has 2 heterocycles. The number of carbonyl (C=O) groups is 3. The van der Waals surface area contributed by atoms with E-state index in [-0.39, 0.29) is 16.5 Å². The van der Waals surface area contributed by atoms with Gasteiger partial charge in [0.25, 0.3) is 5.91 Å². The van der Waals surface area contributed by atoms with E-state index in [1.807, 2.05) is 0 Å². The topological polar surface area (TPSA) is 123 Å². The quantitative estimate of drug-likeness (QED) is 0.765. The van der Waals surface area contributed by atoms with E-state index in [2.05, 4.69) is 15.6 Å². The highest BCUT2D eigenvalue weighted by atomic mass is 32.1. The summed E-state index contributed by atoms with van der Waals surface area (Å²) in [6, 6.07) is 1.34. The van der Waals surface area contributed by atoms with Crippen LogP contribution in [0, 0.1) is 0 Å².